The number of hydrogen-bond donors (Lipinski definition) is 1. The van der Waals surface area contributed by atoms with Gasteiger partial charge in [0.05, 0.1) is 13.7 Å². The third-order valence-electron chi connectivity index (χ3n) is 2.95. The van der Waals surface area contributed by atoms with Crippen LogP contribution in [0.1, 0.15) is 27.4 Å². The molecular weight excluding hydrogens is 261 g/mol. The molecule has 0 saturated heterocycles. The number of benzene rings is 1. The lowest BCUT2D eigenvalue weighted by atomic mass is 10.2. The van der Waals surface area contributed by atoms with Gasteiger partial charge >= 0.3 is 5.97 Å². The van der Waals surface area contributed by atoms with E-state index >= 15 is 0 Å². The van der Waals surface area contributed by atoms with Crippen LogP contribution >= 0.6 is 0 Å². The van der Waals surface area contributed by atoms with Crippen LogP contribution in [0.25, 0.3) is 0 Å². The molecule has 106 valence electrons. The van der Waals surface area contributed by atoms with Crippen LogP contribution in [0.5, 0.6) is 0 Å². The van der Waals surface area contributed by atoms with Crippen LogP contribution < -0.4 is 5.32 Å². The summed E-state index contributed by atoms with van der Waals surface area (Å²) in [5.74, 6) is 0.455. The molecule has 0 radical (unpaired) electrons. The van der Waals surface area contributed by atoms with E-state index in [0.717, 1.165) is 0 Å². The summed E-state index contributed by atoms with van der Waals surface area (Å²) in [6, 6.07) is 8.21. The van der Waals surface area contributed by atoms with Gasteiger partial charge in [-0.25, -0.2) is 9.18 Å². The lowest BCUT2D eigenvalue weighted by Gasteiger charge is -2.03. The van der Waals surface area contributed by atoms with E-state index in [1.807, 2.05) is 0 Å². The summed E-state index contributed by atoms with van der Waals surface area (Å²) in [7, 11) is 1.32. The molecular formula is C15H16FNO3. The van der Waals surface area contributed by atoms with Gasteiger partial charge in [-0.2, -0.15) is 0 Å². The maximum Gasteiger partial charge on any atom is 0.341 e. The Morgan fingerprint density at radius 1 is 1.35 bits per heavy atom. The third kappa shape index (κ3) is 3.24. The number of hydrogen-bond acceptors (Lipinski definition) is 4. The number of carbonyl (C=O) groups is 1. The summed E-state index contributed by atoms with van der Waals surface area (Å²) < 4.78 is 23.5. The van der Waals surface area contributed by atoms with Gasteiger partial charge in [-0.1, -0.05) is 18.2 Å². The van der Waals surface area contributed by atoms with Crippen LogP contribution in [0.2, 0.25) is 0 Å². The fourth-order valence-corrected chi connectivity index (χ4v) is 1.91. The Morgan fingerprint density at radius 2 is 2.10 bits per heavy atom. The van der Waals surface area contributed by atoms with Crippen molar-refractivity contribution in [3.05, 3.63) is 58.8 Å². The zero-order valence-electron chi connectivity index (χ0n) is 11.4. The first-order valence-electron chi connectivity index (χ1n) is 6.23. The van der Waals surface area contributed by atoms with Crippen molar-refractivity contribution >= 4 is 5.97 Å². The molecule has 20 heavy (non-hydrogen) atoms. The average molecular weight is 277 g/mol. The molecule has 1 heterocycles. The number of aryl methyl sites for hydroxylation is 1. The second-order valence-electron chi connectivity index (χ2n) is 4.37. The van der Waals surface area contributed by atoms with E-state index in [4.69, 9.17) is 4.42 Å². The molecule has 0 bridgehead atoms. The lowest BCUT2D eigenvalue weighted by molar-refractivity contribution is 0.0599. The van der Waals surface area contributed by atoms with Gasteiger partial charge in [0.2, 0.25) is 0 Å². The minimum Gasteiger partial charge on any atom is -0.465 e. The molecule has 0 fully saturated rings. The number of nitrogens with one attached hydrogen (secondary N) is 1. The highest BCUT2D eigenvalue weighted by molar-refractivity contribution is 5.90. The van der Waals surface area contributed by atoms with Gasteiger partial charge in [0.1, 0.15) is 22.9 Å². The summed E-state index contributed by atoms with van der Waals surface area (Å²) in [6.07, 6.45) is 0. The summed E-state index contributed by atoms with van der Waals surface area (Å²) >= 11 is 0. The number of halogens is 1. The number of methoxy groups -OCH3 is 1. The number of furan rings is 1. The molecule has 0 unspecified atom stereocenters. The van der Waals surface area contributed by atoms with E-state index in [0.29, 0.717) is 35.7 Å². The molecule has 0 saturated carbocycles. The van der Waals surface area contributed by atoms with Gasteiger partial charge in [-0.3, -0.25) is 0 Å². The quantitative estimate of drug-likeness (QED) is 0.854. The number of esters is 1. The average Bonchev–Trinajstić information content (AvgIpc) is 2.81. The Labute approximate surface area is 116 Å². The normalized spacial score (nSPS) is 10.6. The van der Waals surface area contributed by atoms with Crippen molar-refractivity contribution in [1.82, 2.24) is 5.32 Å². The molecule has 0 aliphatic heterocycles. The smallest absolute Gasteiger partial charge is 0.341 e. The van der Waals surface area contributed by atoms with Crippen molar-refractivity contribution in [2.24, 2.45) is 0 Å². The van der Waals surface area contributed by atoms with E-state index in [1.165, 1.54) is 13.2 Å². The summed E-state index contributed by atoms with van der Waals surface area (Å²) in [5, 5.41) is 3.07. The van der Waals surface area contributed by atoms with E-state index in [9.17, 15) is 9.18 Å². The Morgan fingerprint density at radius 3 is 2.80 bits per heavy atom. The fourth-order valence-electron chi connectivity index (χ4n) is 1.91. The molecule has 1 aromatic carbocycles. The fraction of sp³-hybridized carbons (Fsp3) is 0.267. The molecule has 1 N–H and O–H groups in total. The summed E-state index contributed by atoms with van der Waals surface area (Å²) in [6.45, 7) is 2.50. The highest BCUT2D eigenvalue weighted by atomic mass is 19.1. The summed E-state index contributed by atoms with van der Waals surface area (Å²) in [5.41, 5.74) is 0.999. The first-order chi connectivity index (χ1) is 9.61. The van der Waals surface area contributed by atoms with Gasteiger partial charge in [0.25, 0.3) is 0 Å². The molecule has 0 aliphatic carbocycles. The van der Waals surface area contributed by atoms with Crippen molar-refractivity contribution < 1.29 is 18.3 Å². The largest absolute Gasteiger partial charge is 0.465 e. The SMILES string of the molecule is COC(=O)c1cc(CNCc2ccccc2F)oc1C. The van der Waals surface area contributed by atoms with E-state index in [1.54, 1.807) is 31.2 Å². The minimum atomic E-state index is -0.424. The van der Waals surface area contributed by atoms with Crippen molar-refractivity contribution in [3.63, 3.8) is 0 Å². The predicted octanol–water partition coefficient (Wildman–Crippen LogP) is 2.80. The lowest BCUT2D eigenvalue weighted by Crippen LogP contribution is -2.13. The first kappa shape index (κ1) is 14.3. The molecule has 2 rings (SSSR count). The van der Waals surface area contributed by atoms with Crippen LogP contribution in [-0.4, -0.2) is 13.1 Å². The second-order valence-corrected chi connectivity index (χ2v) is 4.37. The predicted molar refractivity (Wildman–Crippen MR) is 71.7 cm³/mol. The molecule has 0 spiro atoms. The number of ether oxygens (including phenoxy) is 1. The Hall–Kier alpha value is -2.14. The topological polar surface area (TPSA) is 51.5 Å². The highest BCUT2D eigenvalue weighted by Crippen LogP contribution is 2.15. The van der Waals surface area contributed by atoms with Crippen molar-refractivity contribution in [2.75, 3.05) is 7.11 Å². The maximum absolute atomic E-state index is 13.4. The van der Waals surface area contributed by atoms with Crippen LogP contribution in [0, 0.1) is 12.7 Å². The van der Waals surface area contributed by atoms with Gasteiger partial charge in [0, 0.05) is 12.1 Å². The molecule has 5 heteroatoms. The second kappa shape index (κ2) is 6.34. The molecule has 1 aromatic heterocycles. The van der Waals surface area contributed by atoms with Crippen molar-refractivity contribution in [3.8, 4) is 0 Å². The Bertz CT molecular complexity index is 607. The van der Waals surface area contributed by atoms with Crippen molar-refractivity contribution in [1.29, 1.82) is 0 Å². The van der Waals surface area contributed by atoms with Crippen LogP contribution in [0.15, 0.2) is 34.7 Å². The molecule has 4 nitrogen and oxygen atoms in total. The van der Waals surface area contributed by atoms with Crippen LogP contribution in [0.3, 0.4) is 0 Å². The van der Waals surface area contributed by atoms with Gasteiger partial charge in [0.15, 0.2) is 0 Å². The zero-order valence-corrected chi connectivity index (χ0v) is 11.4. The van der Waals surface area contributed by atoms with Crippen molar-refractivity contribution in [2.45, 2.75) is 20.0 Å². The monoisotopic (exact) mass is 277 g/mol. The molecule has 2 aromatic rings. The van der Waals surface area contributed by atoms with Gasteiger partial charge in [-0.05, 0) is 19.1 Å². The summed E-state index contributed by atoms with van der Waals surface area (Å²) in [4.78, 5) is 11.4. The molecule has 0 atom stereocenters. The zero-order chi connectivity index (χ0) is 14.5. The van der Waals surface area contributed by atoms with Crippen LogP contribution in [0.4, 0.5) is 4.39 Å². The van der Waals surface area contributed by atoms with Gasteiger partial charge < -0.3 is 14.5 Å². The Kier molecular flexibility index (Phi) is 4.53. The minimum absolute atomic E-state index is 0.245. The van der Waals surface area contributed by atoms with E-state index in [2.05, 4.69) is 10.1 Å². The van der Waals surface area contributed by atoms with E-state index in [-0.39, 0.29) is 5.82 Å². The third-order valence-corrected chi connectivity index (χ3v) is 2.95. The Balaban J connectivity index is 1.95. The number of rotatable bonds is 5. The highest BCUT2D eigenvalue weighted by Gasteiger charge is 2.14. The first-order valence-corrected chi connectivity index (χ1v) is 6.23. The standard InChI is InChI=1S/C15H16FNO3/c1-10-13(15(18)19-2)7-12(20-10)9-17-8-11-5-3-4-6-14(11)16/h3-7,17H,8-9H2,1-2H3. The number of carbonyl (C=O) groups excluding carboxylic acids is 1. The van der Waals surface area contributed by atoms with Crippen LogP contribution in [-0.2, 0) is 17.8 Å². The van der Waals surface area contributed by atoms with Gasteiger partial charge in [-0.15, -0.1) is 0 Å². The van der Waals surface area contributed by atoms with E-state index < -0.39 is 5.97 Å². The molecule has 0 aliphatic rings. The maximum atomic E-state index is 13.4. The molecule has 0 amide bonds.